The first kappa shape index (κ1) is 35.0. The van der Waals surface area contributed by atoms with Crippen LogP contribution in [0.3, 0.4) is 0 Å². The Hall–Kier alpha value is -5.35. The lowest BCUT2D eigenvalue weighted by atomic mass is 9.61. The van der Waals surface area contributed by atoms with E-state index in [0.29, 0.717) is 53.2 Å². The zero-order valence-corrected chi connectivity index (χ0v) is 28.1. The largest absolute Gasteiger partial charge is 0.493 e. The Bertz CT molecular complexity index is 1770. The first-order valence-electron chi connectivity index (χ1n) is 16.3. The molecule has 1 aliphatic carbocycles. The van der Waals surface area contributed by atoms with E-state index in [0.717, 1.165) is 5.56 Å². The number of methoxy groups -OCH3 is 1. The lowest BCUT2D eigenvalue weighted by Crippen LogP contribution is -2.56. The summed E-state index contributed by atoms with van der Waals surface area (Å²) in [6, 6.07) is 28.6. The molecule has 0 radical (unpaired) electrons. The number of benzene rings is 4. The second-order valence-corrected chi connectivity index (χ2v) is 12.0. The molecule has 0 aromatic heterocycles. The van der Waals surface area contributed by atoms with Gasteiger partial charge in [0.2, 0.25) is 11.8 Å². The topological polar surface area (TPSA) is 132 Å². The molecule has 256 valence electrons. The standard InChI is InChI=1S/C39H42N2O8/c1-5-47-30-18-12-10-16-27(30)40-37(43)35-29(42)23-39(3,45)36(38(44)41-28-17-11-13-19-31(28)48-6-2)34(35)26-20-21-32(33(22-26)46-4)49-24-25-14-8-7-9-15-25/h7-22,34-36,45H,5-6,23-24H2,1-4H3,(H,40,43)(H,41,44). The summed E-state index contributed by atoms with van der Waals surface area (Å²) in [5, 5.41) is 17.6. The maximum Gasteiger partial charge on any atom is 0.235 e. The van der Waals surface area contributed by atoms with Gasteiger partial charge in [-0.1, -0.05) is 60.7 Å². The van der Waals surface area contributed by atoms with Gasteiger partial charge in [0.15, 0.2) is 11.5 Å². The van der Waals surface area contributed by atoms with Crippen LogP contribution >= 0.6 is 0 Å². The highest BCUT2D eigenvalue weighted by molar-refractivity contribution is 6.11. The number of nitrogens with one attached hydrogen (secondary N) is 2. The van der Waals surface area contributed by atoms with Crippen LogP contribution in [0.5, 0.6) is 23.0 Å². The van der Waals surface area contributed by atoms with Gasteiger partial charge in [0.1, 0.15) is 29.8 Å². The minimum Gasteiger partial charge on any atom is -0.493 e. The zero-order chi connectivity index (χ0) is 35.0. The Morgan fingerprint density at radius 3 is 1.92 bits per heavy atom. The SMILES string of the molecule is CCOc1ccccc1NC(=O)C1C(=O)CC(C)(O)C(C(=O)Nc2ccccc2OCC)C1c1ccc(OCc2ccccc2)c(OC)c1. The zero-order valence-electron chi connectivity index (χ0n) is 28.1. The molecule has 0 heterocycles. The smallest absolute Gasteiger partial charge is 0.235 e. The number of carbonyl (C=O) groups excluding carboxylic acids is 3. The van der Waals surface area contributed by atoms with Crippen LogP contribution in [-0.2, 0) is 21.0 Å². The number of rotatable bonds is 13. The molecule has 5 rings (SSSR count). The van der Waals surface area contributed by atoms with Crippen LogP contribution in [0.15, 0.2) is 97.1 Å². The normalized spacial score (nSPS) is 20.2. The fourth-order valence-electron chi connectivity index (χ4n) is 6.36. The van der Waals surface area contributed by atoms with E-state index in [1.54, 1.807) is 66.7 Å². The van der Waals surface area contributed by atoms with Gasteiger partial charge in [0.05, 0.1) is 43.2 Å². The second kappa shape index (κ2) is 15.7. The van der Waals surface area contributed by atoms with Crippen molar-refractivity contribution >= 4 is 29.0 Å². The number of carbonyl (C=O) groups is 3. The quantitative estimate of drug-likeness (QED) is 0.140. The number of hydrogen-bond donors (Lipinski definition) is 3. The average Bonchev–Trinajstić information content (AvgIpc) is 3.08. The first-order valence-corrected chi connectivity index (χ1v) is 16.3. The molecule has 0 aliphatic heterocycles. The number of anilines is 2. The highest BCUT2D eigenvalue weighted by Gasteiger charge is 2.56. The van der Waals surface area contributed by atoms with Crippen LogP contribution in [0.1, 0.15) is 44.2 Å². The average molecular weight is 667 g/mol. The Balaban J connectivity index is 1.57. The third-order valence-electron chi connectivity index (χ3n) is 8.53. The van der Waals surface area contributed by atoms with Gasteiger partial charge < -0.3 is 34.7 Å². The Kier molecular flexibility index (Phi) is 11.2. The second-order valence-electron chi connectivity index (χ2n) is 12.0. The predicted molar refractivity (Wildman–Crippen MR) is 186 cm³/mol. The van der Waals surface area contributed by atoms with E-state index in [2.05, 4.69) is 10.6 Å². The summed E-state index contributed by atoms with van der Waals surface area (Å²) in [4.78, 5) is 42.5. The molecule has 2 amide bonds. The minimum atomic E-state index is -1.82. The van der Waals surface area contributed by atoms with Gasteiger partial charge >= 0.3 is 0 Å². The molecule has 0 spiro atoms. The van der Waals surface area contributed by atoms with Gasteiger partial charge in [0.25, 0.3) is 0 Å². The molecule has 4 aromatic carbocycles. The van der Waals surface area contributed by atoms with E-state index < -0.39 is 47.4 Å². The van der Waals surface area contributed by atoms with Crippen molar-refractivity contribution in [3.8, 4) is 23.0 Å². The molecule has 49 heavy (non-hydrogen) atoms. The molecule has 1 saturated carbocycles. The highest BCUT2D eigenvalue weighted by Crippen LogP contribution is 2.48. The molecule has 10 nitrogen and oxygen atoms in total. The third-order valence-corrected chi connectivity index (χ3v) is 8.53. The van der Waals surface area contributed by atoms with Crippen molar-refractivity contribution in [2.24, 2.45) is 11.8 Å². The number of amides is 2. The third kappa shape index (κ3) is 8.04. The van der Waals surface area contributed by atoms with Crippen molar-refractivity contribution in [1.29, 1.82) is 0 Å². The van der Waals surface area contributed by atoms with Crippen LogP contribution in [0.4, 0.5) is 11.4 Å². The summed E-state index contributed by atoms with van der Waals surface area (Å²) in [5.74, 6) is -3.77. The van der Waals surface area contributed by atoms with Crippen molar-refractivity contribution in [1.82, 2.24) is 0 Å². The Morgan fingerprint density at radius 1 is 0.755 bits per heavy atom. The number of Topliss-reactive ketones (excluding diaryl/α,β-unsaturated/α-hetero) is 1. The van der Waals surface area contributed by atoms with E-state index in [1.807, 2.05) is 44.2 Å². The Labute approximate surface area is 286 Å². The van der Waals surface area contributed by atoms with Crippen molar-refractivity contribution in [2.75, 3.05) is 31.0 Å². The number of para-hydroxylation sites is 4. The van der Waals surface area contributed by atoms with Crippen molar-refractivity contribution in [2.45, 2.75) is 45.3 Å². The molecule has 3 N–H and O–H groups in total. The van der Waals surface area contributed by atoms with Gasteiger partial charge in [-0.25, -0.2) is 0 Å². The number of hydrogen-bond acceptors (Lipinski definition) is 8. The van der Waals surface area contributed by atoms with Gasteiger partial charge in [-0.3, -0.25) is 14.4 Å². The van der Waals surface area contributed by atoms with E-state index in [-0.39, 0.29) is 6.61 Å². The first-order chi connectivity index (χ1) is 23.7. The molecular weight excluding hydrogens is 624 g/mol. The molecule has 4 atom stereocenters. The number of ketones is 1. The molecular formula is C39H42N2O8. The van der Waals surface area contributed by atoms with Crippen LogP contribution in [0, 0.1) is 11.8 Å². The van der Waals surface area contributed by atoms with Gasteiger partial charge in [0, 0.05) is 12.3 Å². The lowest BCUT2D eigenvalue weighted by molar-refractivity contribution is -0.150. The minimum absolute atomic E-state index is 0.279. The molecule has 1 aliphatic rings. The van der Waals surface area contributed by atoms with E-state index in [9.17, 15) is 19.5 Å². The molecule has 4 unspecified atom stereocenters. The van der Waals surface area contributed by atoms with Gasteiger partial charge in [-0.05, 0) is 68.3 Å². The van der Waals surface area contributed by atoms with Crippen LogP contribution in [0.2, 0.25) is 0 Å². The van der Waals surface area contributed by atoms with Gasteiger partial charge in [-0.2, -0.15) is 0 Å². The number of ether oxygens (including phenoxy) is 4. The summed E-state index contributed by atoms with van der Waals surface area (Å²) < 4.78 is 23.2. The summed E-state index contributed by atoms with van der Waals surface area (Å²) in [6.07, 6.45) is -0.421. The van der Waals surface area contributed by atoms with Crippen LogP contribution in [0.25, 0.3) is 0 Å². The maximum atomic E-state index is 14.3. The van der Waals surface area contributed by atoms with Crippen LogP contribution in [-0.4, -0.2) is 48.6 Å². The summed E-state index contributed by atoms with van der Waals surface area (Å²) in [6.45, 7) is 6.12. The molecule has 1 fully saturated rings. The van der Waals surface area contributed by atoms with E-state index in [4.69, 9.17) is 18.9 Å². The molecule has 0 saturated heterocycles. The summed E-state index contributed by atoms with van der Waals surface area (Å²) >= 11 is 0. The maximum absolute atomic E-state index is 14.3. The van der Waals surface area contributed by atoms with Crippen LogP contribution < -0.4 is 29.6 Å². The van der Waals surface area contributed by atoms with E-state index in [1.165, 1.54) is 14.0 Å². The number of aliphatic hydroxyl groups is 1. The van der Waals surface area contributed by atoms with Gasteiger partial charge in [-0.15, -0.1) is 0 Å². The fraction of sp³-hybridized carbons (Fsp3) is 0.308. The lowest BCUT2D eigenvalue weighted by Gasteiger charge is -2.44. The predicted octanol–water partition coefficient (Wildman–Crippen LogP) is 6.39. The Morgan fingerprint density at radius 2 is 1.33 bits per heavy atom. The fourth-order valence-corrected chi connectivity index (χ4v) is 6.36. The van der Waals surface area contributed by atoms with Crippen molar-refractivity contribution in [3.63, 3.8) is 0 Å². The summed E-state index contributed by atoms with van der Waals surface area (Å²) in [5.41, 5.74) is 0.355. The van der Waals surface area contributed by atoms with Crippen molar-refractivity contribution in [3.05, 3.63) is 108 Å². The molecule has 10 heteroatoms. The summed E-state index contributed by atoms with van der Waals surface area (Å²) in [7, 11) is 1.49. The highest BCUT2D eigenvalue weighted by atomic mass is 16.5. The monoisotopic (exact) mass is 666 g/mol. The molecule has 4 aromatic rings. The molecule has 0 bridgehead atoms. The van der Waals surface area contributed by atoms with Crippen molar-refractivity contribution < 1.29 is 38.4 Å². The van der Waals surface area contributed by atoms with E-state index >= 15 is 0 Å².